The maximum atomic E-state index is 12.0. The van der Waals surface area contributed by atoms with Crippen molar-refractivity contribution in [3.05, 3.63) is 57.3 Å². The molecule has 1 amide bonds. The maximum Gasteiger partial charge on any atom is 0.271 e. The fraction of sp³-hybridized carbons (Fsp3) is 0.294. The molecule has 1 N–H and O–H groups in total. The van der Waals surface area contributed by atoms with Crippen LogP contribution in [0.2, 0.25) is 0 Å². The molecule has 21 heavy (non-hydrogen) atoms. The summed E-state index contributed by atoms with van der Waals surface area (Å²) >= 11 is 1.66. The molecule has 0 saturated heterocycles. The van der Waals surface area contributed by atoms with Gasteiger partial charge in [-0.2, -0.15) is 5.10 Å². The van der Waals surface area contributed by atoms with E-state index in [2.05, 4.69) is 31.3 Å². The molecule has 2 rings (SSSR count). The third kappa shape index (κ3) is 4.02. The lowest BCUT2D eigenvalue weighted by Crippen LogP contribution is -2.18. The number of benzene rings is 1. The van der Waals surface area contributed by atoms with E-state index in [0.717, 1.165) is 5.56 Å². The van der Waals surface area contributed by atoms with Crippen LogP contribution in [0.25, 0.3) is 0 Å². The average molecular weight is 300 g/mol. The van der Waals surface area contributed by atoms with Crippen LogP contribution in [0.4, 0.5) is 0 Å². The first kappa shape index (κ1) is 15.4. The Hall–Kier alpha value is -1.94. The number of nitrogens with one attached hydrogen (secondary N) is 1. The minimum atomic E-state index is -0.195. The van der Waals surface area contributed by atoms with E-state index in [1.807, 2.05) is 42.6 Å². The van der Waals surface area contributed by atoms with Crippen LogP contribution in [0, 0.1) is 6.92 Å². The van der Waals surface area contributed by atoms with Crippen LogP contribution in [0.15, 0.2) is 40.8 Å². The smallest absolute Gasteiger partial charge is 0.267 e. The molecule has 0 aliphatic rings. The maximum absolute atomic E-state index is 12.0. The number of hydrogen-bond acceptors (Lipinski definition) is 3. The highest BCUT2D eigenvalue weighted by Crippen LogP contribution is 2.22. The summed E-state index contributed by atoms with van der Waals surface area (Å²) in [5.74, 6) is -0.195. The van der Waals surface area contributed by atoms with E-state index in [9.17, 15) is 4.79 Å². The van der Waals surface area contributed by atoms with E-state index in [1.54, 1.807) is 17.6 Å². The Morgan fingerprint density at radius 3 is 2.38 bits per heavy atom. The zero-order valence-electron chi connectivity index (χ0n) is 12.8. The Kier molecular flexibility index (Phi) is 4.58. The van der Waals surface area contributed by atoms with Gasteiger partial charge in [-0.3, -0.25) is 4.79 Å². The Balaban J connectivity index is 2.01. The Morgan fingerprint density at radius 1 is 1.19 bits per heavy atom. The van der Waals surface area contributed by atoms with Crippen LogP contribution in [-0.2, 0) is 5.41 Å². The number of carbonyl (C=O) groups excluding carboxylic acids is 1. The fourth-order valence-corrected chi connectivity index (χ4v) is 2.55. The molecule has 1 aromatic carbocycles. The van der Waals surface area contributed by atoms with E-state index in [-0.39, 0.29) is 11.3 Å². The van der Waals surface area contributed by atoms with Crippen molar-refractivity contribution < 1.29 is 4.79 Å². The van der Waals surface area contributed by atoms with Crippen molar-refractivity contribution in [1.82, 2.24) is 5.43 Å². The molecule has 0 saturated carbocycles. The number of amides is 1. The van der Waals surface area contributed by atoms with Crippen molar-refractivity contribution in [1.29, 1.82) is 0 Å². The highest BCUT2D eigenvalue weighted by atomic mass is 32.1. The van der Waals surface area contributed by atoms with E-state index in [1.165, 1.54) is 10.4 Å². The molecule has 0 unspecified atom stereocenters. The van der Waals surface area contributed by atoms with Gasteiger partial charge >= 0.3 is 0 Å². The summed E-state index contributed by atoms with van der Waals surface area (Å²) in [6.07, 6.45) is 1.67. The molecule has 3 nitrogen and oxygen atoms in total. The van der Waals surface area contributed by atoms with Gasteiger partial charge in [0.05, 0.1) is 6.21 Å². The molecule has 1 aromatic heterocycles. The molecular formula is C17H20N2OS. The van der Waals surface area contributed by atoms with Crippen LogP contribution in [-0.4, -0.2) is 12.1 Å². The molecule has 1 heterocycles. The summed E-state index contributed by atoms with van der Waals surface area (Å²) in [7, 11) is 0. The highest BCUT2D eigenvalue weighted by molar-refractivity contribution is 7.10. The van der Waals surface area contributed by atoms with E-state index < -0.39 is 0 Å². The zero-order chi connectivity index (χ0) is 15.5. The van der Waals surface area contributed by atoms with Crippen LogP contribution in [0.3, 0.4) is 0 Å². The van der Waals surface area contributed by atoms with Crippen molar-refractivity contribution in [2.24, 2.45) is 5.10 Å². The second-order valence-corrected chi connectivity index (χ2v) is 7.08. The van der Waals surface area contributed by atoms with E-state index >= 15 is 0 Å². The van der Waals surface area contributed by atoms with Crippen molar-refractivity contribution in [2.75, 3.05) is 0 Å². The van der Waals surface area contributed by atoms with Gasteiger partial charge in [0.15, 0.2) is 0 Å². The number of thiophene rings is 1. The first-order valence-electron chi connectivity index (χ1n) is 6.86. The van der Waals surface area contributed by atoms with Gasteiger partial charge in [0.1, 0.15) is 0 Å². The Bertz CT molecular complexity index is 648. The molecule has 0 atom stereocenters. The van der Waals surface area contributed by atoms with Crippen molar-refractivity contribution in [2.45, 2.75) is 33.1 Å². The molecule has 4 heteroatoms. The molecule has 0 aliphatic heterocycles. The average Bonchev–Trinajstić information content (AvgIpc) is 2.83. The molecule has 0 bridgehead atoms. The molecule has 110 valence electrons. The minimum absolute atomic E-state index is 0.0869. The molecule has 0 fully saturated rings. The van der Waals surface area contributed by atoms with Crippen LogP contribution in [0.5, 0.6) is 0 Å². The van der Waals surface area contributed by atoms with Gasteiger partial charge in [-0.15, -0.1) is 11.3 Å². The molecule has 0 spiro atoms. The number of aryl methyl sites for hydroxylation is 1. The number of carbonyl (C=O) groups is 1. The van der Waals surface area contributed by atoms with Crippen LogP contribution >= 0.6 is 11.3 Å². The lowest BCUT2D eigenvalue weighted by molar-refractivity contribution is 0.0955. The third-order valence-electron chi connectivity index (χ3n) is 3.28. The van der Waals surface area contributed by atoms with Gasteiger partial charge in [-0.25, -0.2) is 5.43 Å². The third-order valence-corrected chi connectivity index (χ3v) is 4.14. The Labute approximate surface area is 129 Å². The predicted octanol–water partition coefficient (Wildman–Crippen LogP) is 4.12. The van der Waals surface area contributed by atoms with Gasteiger partial charge in [0.2, 0.25) is 0 Å². The first-order chi connectivity index (χ1) is 9.88. The predicted molar refractivity (Wildman–Crippen MR) is 89.3 cm³/mol. The zero-order valence-corrected chi connectivity index (χ0v) is 13.6. The van der Waals surface area contributed by atoms with Gasteiger partial charge < -0.3 is 0 Å². The lowest BCUT2D eigenvalue weighted by atomic mass is 9.87. The van der Waals surface area contributed by atoms with Crippen LogP contribution < -0.4 is 5.43 Å². The highest BCUT2D eigenvalue weighted by Gasteiger charge is 2.14. The van der Waals surface area contributed by atoms with Gasteiger partial charge in [0, 0.05) is 16.0 Å². The van der Waals surface area contributed by atoms with Crippen molar-refractivity contribution >= 4 is 23.5 Å². The summed E-state index contributed by atoms with van der Waals surface area (Å²) in [5.41, 5.74) is 5.49. The number of hydrazone groups is 1. The molecule has 0 radical (unpaired) electrons. The number of rotatable bonds is 3. The summed E-state index contributed by atoms with van der Waals surface area (Å²) in [4.78, 5) is 13.2. The minimum Gasteiger partial charge on any atom is -0.267 e. The number of hydrogen-bond donors (Lipinski definition) is 1. The monoisotopic (exact) mass is 300 g/mol. The second-order valence-electron chi connectivity index (χ2n) is 5.96. The first-order valence-corrected chi connectivity index (χ1v) is 7.74. The van der Waals surface area contributed by atoms with E-state index in [0.29, 0.717) is 5.56 Å². The van der Waals surface area contributed by atoms with Crippen molar-refractivity contribution in [3.8, 4) is 0 Å². The SMILES string of the molecule is Cc1sccc1/C=N\NC(=O)c1ccc(C(C)(C)C)cc1. The van der Waals surface area contributed by atoms with E-state index in [4.69, 9.17) is 0 Å². The summed E-state index contributed by atoms with van der Waals surface area (Å²) in [6, 6.07) is 9.62. The normalized spacial score (nSPS) is 11.8. The van der Waals surface area contributed by atoms with Crippen LogP contribution in [0.1, 0.15) is 47.1 Å². The summed E-state index contributed by atoms with van der Waals surface area (Å²) in [6.45, 7) is 8.47. The van der Waals surface area contributed by atoms with Gasteiger partial charge in [-0.05, 0) is 41.5 Å². The lowest BCUT2D eigenvalue weighted by Gasteiger charge is -2.18. The van der Waals surface area contributed by atoms with Crippen molar-refractivity contribution in [3.63, 3.8) is 0 Å². The summed E-state index contributed by atoms with van der Waals surface area (Å²) < 4.78 is 0. The Morgan fingerprint density at radius 2 is 1.86 bits per heavy atom. The molecular weight excluding hydrogens is 280 g/mol. The largest absolute Gasteiger partial charge is 0.271 e. The standard InChI is InChI=1S/C17H20N2OS/c1-12-14(9-10-21-12)11-18-19-16(20)13-5-7-15(8-6-13)17(2,3)4/h5-11H,1-4H3,(H,19,20)/b18-11-. The topological polar surface area (TPSA) is 41.5 Å². The molecule has 2 aromatic rings. The fourth-order valence-electron chi connectivity index (χ4n) is 1.88. The molecule has 0 aliphatic carbocycles. The number of nitrogens with zero attached hydrogens (tertiary/aromatic N) is 1. The summed E-state index contributed by atoms with van der Waals surface area (Å²) in [5, 5.41) is 6.01. The second kappa shape index (κ2) is 6.22. The van der Waals surface area contributed by atoms with Gasteiger partial charge in [-0.1, -0.05) is 32.9 Å². The van der Waals surface area contributed by atoms with Gasteiger partial charge in [0.25, 0.3) is 5.91 Å². The quantitative estimate of drug-likeness (QED) is 0.672.